The fourth-order valence-electron chi connectivity index (χ4n) is 3.32. The predicted octanol–water partition coefficient (Wildman–Crippen LogP) is 5.45. The van der Waals surface area contributed by atoms with Gasteiger partial charge in [-0.25, -0.2) is 4.98 Å². The molecular formula is C21H28N4. The Kier molecular flexibility index (Phi) is 5.69. The number of allylic oxidation sites excluding steroid dienone is 1. The minimum Gasteiger partial charge on any atom is -0.354 e. The van der Waals surface area contributed by atoms with E-state index in [1.807, 2.05) is 13.0 Å². The summed E-state index contributed by atoms with van der Waals surface area (Å²) in [6.07, 6.45) is 8.63. The second kappa shape index (κ2) is 8.15. The normalized spacial score (nSPS) is 14.1. The van der Waals surface area contributed by atoms with Crippen LogP contribution in [-0.2, 0) is 0 Å². The number of aromatic nitrogens is 2. The second-order valence-electron chi connectivity index (χ2n) is 6.89. The van der Waals surface area contributed by atoms with E-state index in [1.165, 1.54) is 36.8 Å². The molecule has 0 saturated heterocycles. The van der Waals surface area contributed by atoms with Gasteiger partial charge in [-0.15, -0.1) is 0 Å². The van der Waals surface area contributed by atoms with Crippen LogP contribution in [0.4, 0.5) is 17.5 Å². The molecule has 1 aromatic heterocycles. The molecule has 25 heavy (non-hydrogen) atoms. The molecule has 132 valence electrons. The van der Waals surface area contributed by atoms with Crippen molar-refractivity contribution in [1.29, 1.82) is 0 Å². The monoisotopic (exact) mass is 336 g/mol. The van der Waals surface area contributed by atoms with Crippen molar-refractivity contribution in [2.24, 2.45) is 0 Å². The number of hydrogen-bond acceptors (Lipinski definition) is 4. The molecule has 0 atom stereocenters. The molecule has 4 heteroatoms. The quantitative estimate of drug-likeness (QED) is 0.689. The summed E-state index contributed by atoms with van der Waals surface area (Å²) in [6, 6.07) is 8.29. The molecular weight excluding hydrogens is 308 g/mol. The van der Waals surface area contributed by atoms with Gasteiger partial charge < -0.3 is 10.6 Å². The molecule has 0 saturated carbocycles. The first-order valence-corrected chi connectivity index (χ1v) is 9.22. The van der Waals surface area contributed by atoms with Gasteiger partial charge in [0.05, 0.1) is 0 Å². The van der Waals surface area contributed by atoms with Crippen LogP contribution in [0.25, 0.3) is 0 Å². The zero-order valence-corrected chi connectivity index (χ0v) is 15.5. The van der Waals surface area contributed by atoms with Crippen molar-refractivity contribution in [3.05, 3.63) is 52.7 Å². The first kappa shape index (κ1) is 17.5. The third-order valence-corrected chi connectivity index (χ3v) is 4.70. The number of nitrogens with zero attached hydrogens (tertiary/aromatic N) is 2. The van der Waals surface area contributed by atoms with Crippen molar-refractivity contribution < 1.29 is 0 Å². The Balaban J connectivity index is 1.67. The van der Waals surface area contributed by atoms with E-state index in [2.05, 4.69) is 58.7 Å². The largest absolute Gasteiger partial charge is 0.354 e. The fraction of sp³-hybridized carbons (Fsp3) is 0.429. The zero-order valence-electron chi connectivity index (χ0n) is 15.5. The lowest BCUT2D eigenvalue weighted by atomic mass is 9.97. The van der Waals surface area contributed by atoms with Gasteiger partial charge in [0.25, 0.3) is 0 Å². The average molecular weight is 336 g/mol. The smallest absolute Gasteiger partial charge is 0.224 e. The number of nitrogens with one attached hydrogen (secondary N) is 2. The highest BCUT2D eigenvalue weighted by Gasteiger charge is 2.07. The number of anilines is 3. The van der Waals surface area contributed by atoms with Gasteiger partial charge in [0.2, 0.25) is 5.95 Å². The molecule has 1 aliphatic rings. The summed E-state index contributed by atoms with van der Waals surface area (Å²) in [5.41, 5.74) is 6.09. The summed E-state index contributed by atoms with van der Waals surface area (Å²) in [7, 11) is 0. The molecule has 4 nitrogen and oxygen atoms in total. The Hall–Kier alpha value is -2.36. The highest BCUT2D eigenvalue weighted by Crippen LogP contribution is 2.24. The Morgan fingerprint density at radius 2 is 1.84 bits per heavy atom. The van der Waals surface area contributed by atoms with Crippen LogP contribution in [-0.4, -0.2) is 16.5 Å². The van der Waals surface area contributed by atoms with Crippen LogP contribution in [0.3, 0.4) is 0 Å². The molecule has 1 aromatic carbocycles. The molecule has 0 fully saturated rings. The zero-order chi connectivity index (χ0) is 17.6. The molecule has 2 N–H and O–H groups in total. The van der Waals surface area contributed by atoms with Gasteiger partial charge in [-0.1, -0.05) is 29.8 Å². The Bertz CT molecular complexity index is 744. The third-order valence-electron chi connectivity index (χ3n) is 4.70. The lowest BCUT2D eigenvalue weighted by Gasteiger charge is -2.15. The van der Waals surface area contributed by atoms with Crippen LogP contribution in [0.5, 0.6) is 0 Å². The minimum absolute atomic E-state index is 0.699. The Labute approximate surface area is 150 Å². The van der Waals surface area contributed by atoms with E-state index in [-0.39, 0.29) is 0 Å². The van der Waals surface area contributed by atoms with Crippen molar-refractivity contribution in [3.63, 3.8) is 0 Å². The average Bonchev–Trinajstić information content (AvgIpc) is 2.59. The van der Waals surface area contributed by atoms with Crippen molar-refractivity contribution in [2.75, 3.05) is 17.2 Å². The van der Waals surface area contributed by atoms with E-state index in [1.54, 1.807) is 5.57 Å². The fourth-order valence-corrected chi connectivity index (χ4v) is 3.32. The summed E-state index contributed by atoms with van der Waals surface area (Å²) in [5, 5.41) is 6.84. The van der Waals surface area contributed by atoms with E-state index in [9.17, 15) is 0 Å². The van der Waals surface area contributed by atoms with Crippen molar-refractivity contribution >= 4 is 17.5 Å². The topological polar surface area (TPSA) is 49.8 Å². The van der Waals surface area contributed by atoms with E-state index in [0.717, 1.165) is 30.2 Å². The summed E-state index contributed by atoms with van der Waals surface area (Å²) in [4.78, 5) is 9.16. The number of benzene rings is 1. The Morgan fingerprint density at radius 3 is 2.56 bits per heavy atom. The lowest BCUT2D eigenvalue weighted by molar-refractivity contribution is 0.679. The van der Waals surface area contributed by atoms with Crippen molar-refractivity contribution in [2.45, 2.75) is 52.9 Å². The van der Waals surface area contributed by atoms with E-state index >= 15 is 0 Å². The summed E-state index contributed by atoms with van der Waals surface area (Å²) < 4.78 is 0. The molecule has 0 spiro atoms. The molecule has 0 amide bonds. The number of aryl methyl sites for hydroxylation is 3. The summed E-state index contributed by atoms with van der Waals surface area (Å²) >= 11 is 0. The maximum absolute atomic E-state index is 4.64. The van der Waals surface area contributed by atoms with Crippen molar-refractivity contribution in [1.82, 2.24) is 9.97 Å². The first-order valence-electron chi connectivity index (χ1n) is 9.22. The van der Waals surface area contributed by atoms with E-state index in [0.29, 0.717) is 5.95 Å². The van der Waals surface area contributed by atoms with Gasteiger partial charge in [-0.2, -0.15) is 4.98 Å². The maximum Gasteiger partial charge on any atom is 0.224 e. The van der Waals surface area contributed by atoms with Gasteiger partial charge in [-0.3, -0.25) is 0 Å². The highest BCUT2D eigenvalue weighted by molar-refractivity contribution is 5.65. The lowest BCUT2D eigenvalue weighted by Crippen LogP contribution is -2.09. The van der Waals surface area contributed by atoms with Crippen LogP contribution in [0.2, 0.25) is 0 Å². The molecule has 3 rings (SSSR count). The standard InChI is InChI=1S/C21H28N4/c1-15-8-7-9-16(2)20(15)24-19-14-17(3)23-21(25-19)22-13-12-18-10-5-4-6-11-18/h7-10,14H,4-6,11-13H2,1-3H3,(H2,22,23,24,25). The van der Waals surface area contributed by atoms with E-state index < -0.39 is 0 Å². The van der Waals surface area contributed by atoms with Crippen LogP contribution in [0.15, 0.2) is 35.9 Å². The highest BCUT2D eigenvalue weighted by atomic mass is 15.1. The third kappa shape index (κ3) is 4.81. The van der Waals surface area contributed by atoms with Crippen molar-refractivity contribution in [3.8, 4) is 0 Å². The molecule has 0 radical (unpaired) electrons. The number of para-hydroxylation sites is 1. The SMILES string of the molecule is Cc1cc(Nc2c(C)cccc2C)nc(NCCC2=CCCCC2)n1. The molecule has 0 unspecified atom stereocenters. The minimum atomic E-state index is 0.699. The number of hydrogen-bond donors (Lipinski definition) is 2. The molecule has 0 aliphatic heterocycles. The Morgan fingerprint density at radius 1 is 1.04 bits per heavy atom. The van der Waals surface area contributed by atoms with E-state index in [4.69, 9.17) is 0 Å². The number of rotatable bonds is 6. The van der Waals surface area contributed by atoms with Crippen LogP contribution in [0.1, 0.15) is 48.9 Å². The van der Waals surface area contributed by atoms with Gasteiger partial charge >= 0.3 is 0 Å². The van der Waals surface area contributed by atoms with Gasteiger partial charge in [-0.05, 0) is 64.0 Å². The van der Waals surface area contributed by atoms with Gasteiger partial charge in [0, 0.05) is 24.0 Å². The molecule has 2 aromatic rings. The van der Waals surface area contributed by atoms with Crippen LogP contribution < -0.4 is 10.6 Å². The summed E-state index contributed by atoms with van der Waals surface area (Å²) in [6.45, 7) is 7.12. The second-order valence-corrected chi connectivity index (χ2v) is 6.89. The predicted molar refractivity (Wildman–Crippen MR) is 106 cm³/mol. The van der Waals surface area contributed by atoms with Crippen LogP contribution >= 0.6 is 0 Å². The van der Waals surface area contributed by atoms with Gasteiger partial charge in [0.15, 0.2) is 0 Å². The first-order chi connectivity index (χ1) is 12.1. The van der Waals surface area contributed by atoms with Crippen LogP contribution in [0, 0.1) is 20.8 Å². The molecule has 0 bridgehead atoms. The maximum atomic E-state index is 4.64. The molecule has 1 aliphatic carbocycles. The van der Waals surface area contributed by atoms with Gasteiger partial charge in [0.1, 0.15) is 5.82 Å². The molecule has 1 heterocycles. The summed E-state index contributed by atoms with van der Waals surface area (Å²) in [5.74, 6) is 1.54.